The van der Waals surface area contributed by atoms with Gasteiger partial charge in [0.1, 0.15) is 24.2 Å². The second-order valence-electron chi connectivity index (χ2n) is 9.53. The lowest BCUT2D eigenvalue weighted by atomic mass is 9.82. The molecular formula is C26H25N3O5. The highest BCUT2D eigenvalue weighted by Gasteiger charge is 2.55. The normalized spacial score (nSPS) is 23.4. The number of aliphatic hydroxyl groups excluding tert-OH is 1. The fourth-order valence-corrected chi connectivity index (χ4v) is 5.90. The maximum Gasteiger partial charge on any atom is 0.282 e. The quantitative estimate of drug-likeness (QED) is 0.462. The van der Waals surface area contributed by atoms with E-state index in [2.05, 4.69) is 9.48 Å². The summed E-state index contributed by atoms with van der Waals surface area (Å²) < 4.78 is 8.45. The van der Waals surface area contributed by atoms with Crippen molar-refractivity contribution in [3.63, 3.8) is 0 Å². The van der Waals surface area contributed by atoms with E-state index in [0.29, 0.717) is 12.0 Å². The molecule has 34 heavy (non-hydrogen) atoms. The minimum absolute atomic E-state index is 0.0943. The van der Waals surface area contributed by atoms with E-state index in [0.717, 1.165) is 52.0 Å². The van der Waals surface area contributed by atoms with Crippen LogP contribution in [0.5, 0.6) is 0 Å². The van der Waals surface area contributed by atoms with Crippen LogP contribution in [0.15, 0.2) is 46.5 Å². The fourth-order valence-electron chi connectivity index (χ4n) is 5.90. The molecule has 0 unspecified atom stereocenters. The standard InChI is InChI=1S/C26H25N3O5/c1-13(30)21-19-12-16(22(26(32)33)29(19)25(21)31)14-10-17-15-6-4-5-7-20(15)34-23(17)18(11-14)24-27(2)8-9-28(24)3/h4-7,10-11,13,19,21,30H,8-9,12H2,1-3H3/t13-,19-,21-/m1/s1. The van der Waals surface area contributed by atoms with Crippen LogP contribution in [-0.2, 0) is 9.59 Å². The number of carbonyl (C=O) groups is 2. The Morgan fingerprint density at radius 3 is 2.71 bits per heavy atom. The second-order valence-corrected chi connectivity index (χ2v) is 9.53. The van der Waals surface area contributed by atoms with E-state index in [1.54, 1.807) is 6.92 Å². The smallest absolute Gasteiger partial charge is 0.282 e. The van der Waals surface area contributed by atoms with Crippen LogP contribution in [0.3, 0.4) is 0 Å². The molecule has 6 rings (SSSR count). The van der Waals surface area contributed by atoms with Crippen molar-refractivity contribution in [2.75, 3.05) is 27.2 Å². The molecule has 4 heterocycles. The summed E-state index contributed by atoms with van der Waals surface area (Å²) in [6.45, 7) is 3.30. The number of likely N-dealkylation sites (N-methyl/N-ethyl adjacent to an activating group) is 2. The van der Waals surface area contributed by atoms with E-state index >= 15 is 0 Å². The number of amidine groups is 1. The zero-order valence-corrected chi connectivity index (χ0v) is 19.2. The molecule has 174 valence electrons. The lowest BCUT2D eigenvalue weighted by Crippen LogP contribution is -2.62. The summed E-state index contributed by atoms with van der Waals surface area (Å²) >= 11 is 0. The van der Waals surface area contributed by atoms with Gasteiger partial charge in [-0.15, -0.1) is 0 Å². The van der Waals surface area contributed by atoms with Crippen LogP contribution in [0.25, 0.3) is 27.5 Å². The Balaban J connectivity index is 1.62. The molecule has 1 aromatic heterocycles. The third-order valence-corrected chi connectivity index (χ3v) is 7.48. The first kappa shape index (κ1) is 20.9. The van der Waals surface area contributed by atoms with Crippen molar-refractivity contribution >= 4 is 45.2 Å². The maximum absolute atomic E-state index is 12.7. The van der Waals surface area contributed by atoms with Gasteiger partial charge in [-0.25, -0.2) is 0 Å². The second kappa shape index (κ2) is 7.17. The molecule has 8 heteroatoms. The number of fused-ring (bicyclic) bond motifs is 4. The first-order chi connectivity index (χ1) is 16.3. The van der Waals surface area contributed by atoms with E-state index in [1.807, 2.05) is 50.5 Å². The first-order valence-corrected chi connectivity index (χ1v) is 11.5. The molecule has 0 aliphatic carbocycles. The Morgan fingerprint density at radius 1 is 1.26 bits per heavy atom. The van der Waals surface area contributed by atoms with Crippen molar-refractivity contribution in [2.24, 2.45) is 5.92 Å². The number of hydrogen-bond donors (Lipinski definition) is 1. The van der Waals surface area contributed by atoms with Gasteiger partial charge in [-0.05, 0) is 42.7 Å². The number of carboxylic acid groups (broad SMARTS) is 1. The van der Waals surface area contributed by atoms with Gasteiger partial charge in [0, 0.05) is 10.8 Å². The number of para-hydroxylation sites is 1. The van der Waals surface area contributed by atoms with Crippen molar-refractivity contribution < 1.29 is 28.8 Å². The van der Waals surface area contributed by atoms with Crippen LogP contribution in [0.1, 0.15) is 24.5 Å². The SMILES string of the molecule is C[C@@H](O)[C@H]1C(=O)N2C(C(=O)[O-])=C(c3cc(C4=[N+](C)CCN4C)c4oc5ccccc5c4c3)C[C@H]12. The Bertz CT molecular complexity index is 1460. The number of carboxylic acids is 1. The van der Waals surface area contributed by atoms with Gasteiger partial charge < -0.3 is 24.3 Å². The van der Waals surface area contributed by atoms with Crippen LogP contribution in [0, 0.1) is 5.92 Å². The van der Waals surface area contributed by atoms with Crippen LogP contribution < -0.4 is 5.11 Å². The number of aliphatic hydroxyl groups is 1. The molecule has 3 aliphatic heterocycles. The van der Waals surface area contributed by atoms with Gasteiger partial charge in [-0.1, -0.05) is 18.2 Å². The van der Waals surface area contributed by atoms with Gasteiger partial charge in [0.15, 0.2) is 5.58 Å². The number of amides is 1. The molecule has 0 bridgehead atoms. The third-order valence-electron chi connectivity index (χ3n) is 7.48. The summed E-state index contributed by atoms with van der Waals surface area (Å²) in [7, 11) is 4.05. The number of hydrogen-bond acceptors (Lipinski definition) is 6. The number of benzene rings is 2. The van der Waals surface area contributed by atoms with Crippen molar-refractivity contribution in [1.29, 1.82) is 0 Å². The van der Waals surface area contributed by atoms with Crippen molar-refractivity contribution in [3.8, 4) is 0 Å². The van der Waals surface area contributed by atoms with E-state index in [4.69, 9.17) is 4.42 Å². The average Bonchev–Trinajstić information content (AvgIpc) is 3.44. The topological polar surface area (TPSA) is 100 Å². The Morgan fingerprint density at radius 2 is 2.03 bits per heavy atom. The average molecular weight is 460 g/mol. The molecule has 3 aliphatic rings. The summed E-state index contributed by atoms with van der Waals surface area (Å²) in [5.74, 6) is -1.35. The molecule has 1 N–H and O–H groups in total. The van der Waals surface area contributed by atoms with Crippen LogP contribution in [0.4, 0.5) is 0 Å². The summed E-state index contributed by atoms with van der Waals surface area (Å²) in [5.41, 5.74) is 3.57. The molecule has 1 fully saturated rings. The first-order valence-electron chi connectivity index (χ1n) is 11.5. The number of β-lactam (4-membered cyclic amide) rings is 1. The van der Waals surface area contributed by atoms with E-state index in [-0.39, 0.29) is 17.6 Å². The lowest BCUT2D eigenvalue weighted by Gasteiger charge is -2.45. The fraction of sp³-hybridized carbons (Fsp3) is 0.346. The highest BCUT2D eigenvalue weighted by atomic mass is 16.4. The zero-order valence-electron chi connectivity index (χ0n) is 19.2. The molecule has 3 aromatic rings. The number of aliphatic carboxylic acids is 1. The molecule has 1 saturated heterocycles. The molecule has 2 aromatic carbocycles. The monoisotopic (exact) mass is 459 g/mol. The van der Waals surface area contributed by atoms with E-state index in [1.165, 1.54) is 4.90 Å². The van der Waals surface area contributed by atoms with Gasteiger partial charge in [0.05, 0.1) is 43.8 Å². The van der Waals surface area contributed by atoms with Crippen LogP contribution in [-0.4, -0.2) is 76.5 Å². The predicted octanol–water partition coefficient (Wildman–Crippen LogP) is 0.993. The Hall–Kier alpha value is -3.65. The third kappa shape index (κ3) is 2.72. The summed E-state index contributed by atoms with van der Waals surface area (Å²) in [6.07, 6.45) is -0.491. The molecule has 0 saturated carbocycles. The number of carbonyl (C=O) groups excluding carboxylic acids is 2. The number of rotatable bonds is 4. The lowest BCUT2D eigenvalue weighted by molar-refractivity contribution is -0.486. The summed E-state index contributed by atoms with van der Waals surface area (Å²) in [5, 5.41) is 24.1. The van der Waals surface area contributed by atoms with Crippen LogP contribution >= 0.6 is 0 Å². The van der Waals surface area contributed by atoms with Crippen LogP contribution in [0.2, 0.25) is 0 Å². The largest absolute Gasteiger partial charge is 0.543 e. The molecule has 3 atom stereocenters. The Labute approximate surface area is 196 Å². The van der Waals surface area contributed by atoms with Crippen molar-refractivity contribution in [2.45, 2.75) is 25.5 Å². The maximum atomic E-state index is 12.7. The molecule has 0 radical (unpaired) electrons. The van der Waals surface area contributed by atoms with Gasteiger partial charge in [0.25, 0.3) is 5.84 Å². The molecule has 0 spiro atoms. The van der Waals surface area contributed by atoms with Gasteiger partial charge in [-0.2, -0.15) is 0 Å². The van der Waals surface area contributed by atoms with E-state index < -0.39 is 18.0 Å². The van der Waals surface area contributed by atoms with E-state index in [9.17, 15) is 19.8 Å². The van der Waals surface area contributed by atoms with Crippen molar-refractivity contribution in [3.05, 3.63) is 53.2 Å². The Kier molecular flexibility index (Phi) is 4.41. The highest BCUT2D eigenvalue weighted by molar-refractivity contribution is 6.15. The number of nitrogens with zero attached hydrogens (tertiary/aromatic N) is 3. The summed E-state index contributed by atoms with van der Waals surface area (Å²) in [6, 6.07) is 11.3. The highest BCUT2D eigenvalue weighted by Crippen LogP contribution is 2.47. The van der Waals surface area contributed by atoms with Gasteiger partial charge in [-0.3, -0.25) is 14.3 Å². The minimum Gasteiger partial charge on any atom is -0.543 e. The van der Waals surface area contributed by atoms with Gasteiger partial charge >= 0.3 is 0 Å². The summed E-state index contributed by atoms with van der Waals surface area (Å²) in [4.78, 5) is 28.3. The van der Waals surface area contributed by atoms with Gasteiger partial charge in [0.2, 0.25) is 5.91 Å². The predicted molar refractivity (Wildman–Crippen MR) is 124 cm³/mol. The molecule has 1 amide bonds. The zero-order chi connectivity index (χ0) is 23.9. The van der Waals surface area contributed by atoms with Crippen molar-refractivity contribution in [1.82, 2.24) is 9.80 Å². The minimum atomic E-state index is -1.38. The molecular weight excluding hydrogens is 434 g/mol. The molecule has 8 nitrogen and oxygen atoms in total. The number of furan rings is 1.